The molecule has 0 unspecified atom stereocenters. The minimum atomic E-state index is 0.858. The lowest BCUT2D eigenvalue weighted by atomic mass is 10.0. The molecule has 0 N–H and O–H groups in total. The molecule has 0 bridgehead atoms. The molecule has 0 aliphatic carbocycles. The maximum atomic E-state index is 5.26. The third-order valence-electron chi connectivity index (χ3n) is 5.84. The van der Waals surface area contributed by atoms with Crippen molar-refractivity contribution in [1.82, 2.24) is 18.3 Å². The van der Waals surface area contributed by atoms with Crippen molar-refractivity contribution in [2.75, 3.05) is 0 Å². The number of aromatic nitrogens is 4. The van der Waals surface area contributed by atoms with E-state index in [-0.39, 0.29) is 0 Å². The predicted octanol–water partition coefficient (Wildman–Crippen LogP) is 7.19. The number of benzene rings is 4. The molecule has 2 aromatic heterocycles. The van der Waals surface area contributed by atoms with Crippen LogP contribution in [0.2, 0.25) is 0 Å². The van der Waals surface area contributed by atoms with Gasteiger partial charge in [0.05, 0.1) is 23.1 Å². The molecule has 6 rings (SSSR count). The van der Waals surface area contributed by atoms with Crippen molar-refractivity contribution in [3.63, 3.8) is 0 Å². The van der Waals surface area contributed by atoms with Crippen LogP contribution in [0.25, 0.3) is 50.6 Å². The highest BCUT2D eigenvalue weighted by atomic mass is 32.1. The second-order valence-electron chi connectivity index (χ2n) is 7.93. The molecule has 6 aromatic rings. The summed E-state index contributed by atoms with van der Waals surface area (Å²) in [5.41, 5.74) is 9.16. The Balaban J connectivity index is 1.76. The first kappa shape index (κ1) is 19.6. The van der Waals surface area contributed by atoms with Gasteiger partial charge in [-0.15, -0.1) is 0 Å². The van der Waals surface area contributed by atoms with Crippen LogP contribution in [0.3, 0.4) is 0 Å². The third kappa shape index (κ3) is 3.34. The van der Waals surface area contributed by atoms with E-state index in [1.54, 1.807) is 0 Å². The Morgan fingerprint density at radius 1 is 0.636 bits per heavy atom. The molecule has 158 valence electrons. The number of rotatable bonds is 4. The second-order valence-corrected chi connectivity index (χ2v) is 8.46. The maximum Gasteiger partial charge on any atom is 0.148 e. The minimum Gasteiger partial charge on any atom is -0.292 e. The van der Waals surface area contributed by atoms with E-state index >= 15 is 0 Å². The monoisotopic (exact) mass is 444 g/mol. The van der Waals surface area contributed by atoms with Crippen LogP contribution < -0.4 is 0 Å². The van der Waals surface area contributed by atoms with Crippen molar-refractivity contribution in [1.29, 1.82) is 0 Å². The molecule has 0 spiro atoms. The highest BCUT2D eigenvalue weighted by molar-refractivity contribution is 7.00. The molecular formula is C28H20N4S. The van der Waals surface area contributed by atoms with Gasteiger partial charge in [-0.2, -0.15) is 8.75 Å². The fourth-order valence-electron chi connectivity index (χ4n) is 4.26. The molecule has 0 aliphatic rings. The lowest BCUT2D eigenvalue weighted by molar-refractivity contribution is 1.07. The average molecular weight is 445 g/mol. The number of aryl methyl sites for hydroxylation is 1. The van der Waals surface area contributed by atoms with E-state index in [0.29, 0.717) is 0 Å². The summed E-state index contributed by atoms with van der Waals surface area (Å²) in [5.74, 6) is 0.858. The molecule has 0 atom stereocenters. The van der Waals surface area contributed by atoms with Crippen LogP contribution >= 0.6 is 11.7 Å². The van der Waals surface area contributed by atoms with Crippen molar-refractivity contribution >= 4 is 22.8 Å². The molecule has 4 nitrogen and oxygen atoms in total. The average Bonchev–Trinajstić information content (AvgIpc) is 3.52. The zero-order valence-electron chi connectivity index (χ0n) is 18.0. The summed E-state index contributed by atoms with van der Waals surface area (Å²) in [6.45, 7) is 2.07. The van der Waals surface area contributed by atoms with E-state index in [0.717, 1.165) is 56.2 Å². The Morgan fingerprint density at radius 3 is 1.94 bits per heavy atom. The van der Waals surface area contributed by atoms with Crippen molar-refractivity contribution in [3.05, 3.63) is 109 Å². The van der Waals surface area contributed by atoms with Crippen molar-refractivity contribution in [3.8, 4) is 39.6 Å². The topological polar surface area (TPSA) is 43.6 Å². The van der Waals surface area contributed by atoms with Gasteiger partial charge in [0.2, 0.25) is 0 Å². The van der Waals surface area contributed by atoms with Gasteiger partial charge >= 0.3 is 0 Å². The quantitative estimate of drug-likeness (QED) is 0.289. The van der Waals surface area contributed by atoms with Crippen LogP contribution in [0.1, 0.15) is 5.56 Å². The van der Waals surface area contributed by atoms with Gasteiger partial charge in [-0.3, -0.25) is 4.57 Å². The van der Waals surface area contributed by atoms with Crippen LogP contribution in [-0.2, 0) is 0 Å². The Labute approximate surface area is 196 Å². The first-order valence-electron chi connectivity index (χ1n) is 10.8. The molecule has 5 heteroatoms. The molecule has 0 radical (unpaired) electrons. The summed E-state index contributed by atoms with van der Waals surface area (Å²) < 4.78 is 11.4. The van der Waals surface area contributed by atoms with Crippen LogP contribution in [0.5, 0.6) is 0 Å². The number of para-hydroxylation sites is 1. The summed E-state index contributed by atoms with van der Waals surface area (Å²) in [6, 6.07) is 35.5. The fourth-order valence-corrected chi connectivity index (χ4v) is 4.88. The highest BCUT2D eigenvalue weighted by Gasteiger charge is 2.24. The van der Waals surface area contributed by atoms with Gasteiger partial charge in [0.15, 0.2) is 0 Å². The van der Waals surface area contributed by atoms with Gasteiger partial charge in [0.25, 0.3) is 0 Å². The van der Waals surface area contributed by atoms with Gasteiger partial charge in [0, 0.05) is 22.4 Å². The van der Waals surface area contributed by atoms with Crippen LogP contribution in [-0.4, -0.2) is 18.3 Å². The Bertz CT molecular complexity index is 1550. The molecule has 0 amide bonds. The summed E-state index contributed by atoms with van der Waals surface area (Å²) in [5, 5.41) is 0. The van der Waals surface area contributed by atoms with Crippen LogP contribution in [0.4, 0.5) is 0 Å². The molecule has 4 aromatic carbocycles. The van der Waals surface area contributed by atoms with Gasteiger partial charge < -0.3 is 0 Å². The normalized spacial score (nSPS) is 11.2. The van der Waals surface area contributed by atoms with E-state index < -0.39 is 0 Å². The van der Waals surface area contributed by atoms with E-state index in [1.807, 2.05) is 18.2 Å². The van der Waals surface area contributed by atoms with E-state index in [9.17, 15) is 0 Å². The van der Waals surface area contributed by atoms with Gasteiger partial charge in [-0.25, -0.2) is 4.98 Å². The smallest absolute Gasteiger partial charge is 0.148 e. The van der Waals surface area contributed by atoms with E-state index in [2.05, 4.69) is 105 Å². The number of nitrogens with zero attached hydrogens (tertiary/aromatic N) is 4. The Hall–Kier alpha value is -4.09. The number of fused-ring (bicyclic) bond motifs is 1. The van der Waals surface area contributed by atoms with Crippen molar-refractivity contribution in [2.45, 2.75) is 6.92 Å². The van der Waals surface area contributed by atoms with Gasteiger partial charge in [0.1, 0.15) is 16.9 Å². The molecule has 0 fully saturated rings. The summed E-state index contributed by atoms with van der Waals surface area (Å²) in [6.07, 6.45) is 0. The highest BCUT2D eigenvalue weighted by Crippen LogP contribution is 2.40. The summed E-state index contributed by atoms with van der Waals surface area (Å²) in [4.78, 5) is 5.26. The lowest BCUT2D eigenvalue weighted by Crippen LogP contribution is -2.00. The second kappa shape index (κ2) is 8.11. The fraction of sp³-hybridized carbons (Fsp3) is 0.0357. The molecule has 0 saturated carbocycles. The number of hydrogen-bond acceptors (Lipinski definition) is 4. The van der Waals surface area contributed by atoms with E-state index in [4.69, 9.17) is 4.98 Å². The Morgan fingerprint density at radius 2 is 1.24 bits per heavy atom. The maximum absolute atomic E-state index is 5.26. The molecule has 2 heterocycles. The first-order chi connectivity index (χ1) is 16.3. The SMILES string of the molecule is Cc1ccc(-c2nc(-c3ccccc3)c(-c3ccccc3)n2-c2ccccc2)c2nsnc12. The Kier molecular flexibility index (Phi) is 4.82. The zero-order valence-corrected chi connectivity index (χ0v) is 18.8. The number of imidazole rings is 1. The minimum absolute atomic E-state index is 0.858. The van der Waals surface area contributed by atoms with Crippen LogP contribution in [0, 0.1) is 6.92 Å². The summed E-state index contributed by atoms with van der Waals surface area (Å²) >= 11 is 1.24. The first-order valence-corrected chi connectivity index (χ1v) is 11.6. The van der Waals surface area contributed by atoms with Gasteiger partial charge in [-0.1, -0.05) is 84.9 Å². The third-order valence-corrected chi connectivity index (χ3v) is 6.37. The standard InChI is InChI=1S/C28H20N4S/c1-19-17-18-23(26-24(19)30-33-31-26)28-29-25(20-11-5-2-6-12-20)27(21-13-7-3-8-14-21)32(28)22-15-9-4-10-16-22/h2-18H,1H3. The largest absolute Gasteiger partial charge is 0.292 e. The molecular weight excluding hydrogens is 424 g/mol. The zero-order chi connectivity index (χ0) is 22.2. The van der Waals surface area contributed by atoms with Crippen LogP contribution in [0.15, 0.2) is 103 Å². The predicted molar refractivity (Wildman–Crippen MR) is 136 cm³/mol. The number of hydrogen-bond donors (Lipinski definition) is 0. The van der Waals surface area contributed by atoms with Crippen molar-refractivity contribution < 1.29 is 0 Å². The molecule has 0 saturated heterocycles. The molecule has 33 heavy (non-hydrogen) atoms. The van der Waals surface area contributed by atoms with Gasteiger partial charge in [-0.05, 0) is 30.7 Å². The molecule has 0 aliphatic heterocycles. The van der Waals surface area contributed by atoms with E-state index in [1.165, 1.54) is 11.7 Å². The van der Waals surface area contributed by atoms with Crippen molar-refractivity contribution in [2.24, 2.45) is 0 Å². The summed E-state index contributed by atoms with van der Waals surface area (Å²) in [7, 11) is 0. The lowest BCUT2D eigenvalue weighted by Gasteiger charge is -2.14.